The van der Waals surface area contributed by atoms with Crippen LogP contribution in [0.3, 0.4) is 0 Å². The zero-order valence-electron chi connectivity index (χ0n) is 12.1. The molecule has 0 heterocycles. The Morgan fingerprint density at radius 3 is 2.50 bits per heavy atom. The van der Waals surface area contributed by atoms with Crippen molar-refractivity contribution in [2.75, 3.05) is 12.8 Å². The highest BCUT2D eigenvalue weighted by molar-refractivity contribution is 5.46. The Morgan fingerprint density at radius 1 is 1.10 bits per heavy atom. The van der Waals surface area contributed by atoms with Gasteiger partial charge in [-0.15, -0.1) is 0 Å². The standard InChI is InChI=1S/C17H22N2O/c1-3-16(14-9-5-7-11-17(14)20-2)19-12-13-8-4-6-10-15(13)18/h4-11,16,19H,3,12,18H2,1-2H3. The molecule has 3 nitrogen and oxygen atoms in total. The molecule has 0 aliphatic rings. The first-order chi connectivity index (χ1) is 9.76. The fourth-order valence-electron chi connectivity index (χ4n) is 2.36. The summed E-state index contributed by atoms with van der Waals surface area (Å²) in [5, 5.41) is 3.56. The van der Waals surface area contributed by atoms with Crippen molar-refractivity contribution in [1.29, 1.82) is 0 Å². The normalized spacial score (nSPS) is 12.1. The van der Waals surface area contributed by atoms with Crippen molar-refractivity contribution in [3.63, 3.8) is 0 Å². The minimum atomic E-state index is 0.255. The van der Waals surface area contributed by atoms with E-state index in [0.717, 1.165) is 30.0 Å². The van der Waals surface area contributed by atoms with Crippen LogP contribution < -0.4 is 15.8 Å². The molecule has 1 unspecified atom stereocenters. The summed E-state index contributed by atoms with van der Waals surface area (Å²) in [5.74, 6) is 0.924. The Morgan fingerprint density at radius 2 is 1.80 bits per heavy atom. The second-order valence-corrected chi connectivity index (χ2v) is 4.78. The number of benzene rings is 2. The van der Waals surface area contributed by atoms with Crippen LogP contribution in [-0.2, 0) is 6.54 Å². The largest absolute Gasteiger partial charge is 0.496 e. The van der Waals surface area contributed by atoms with E-state index in [0.29, 0.717) is 0 Å². The monoisotopic (exact) mass is 270 g/mol. The molecule has 0 aliphatic carbocycles. The SMILES string of the molecule is CCC(NCc1ccccc1N)c1ccccc1OC. The van der Waals surface area contributed by atoms with E-state index in [1.165, 1.54) is 5.56 Å². The average Bonchev–Trinajstić information content (AvgIpc) is 2.50. The number of anilines is 1. The van der Waals surface area contributed by atoms with E-state index < -0.39 is 0 Å². The maximum atomic E-state index is 5.98. The third-order valence-electron chi connectivity index (χ3n) is 3.52. The van der Waals surface area contributed by atoms with E-state index in [-0.39, 0.29) is 6.04 Å². The second-order valence-electron chi connectivity index (χ2n) is 4.78. The Hall–Kier alpha value is -2.00. The molecule has 2 aromatic rings. The third kappa shape index (κ3) is 3.31. The molecule has 0 saturated carbocycles. The molecule has 0 aromatic heterocycles. The van der Waals surface area contributed by atoms with Crippen LogP contribution in [-0.4, -0.2) is 7.11 Å². The molecule has 1 atom stereocenters. The van der Waals surface area contributed by atoms with Crippen LogP contribution in [0.5, 0.6) is 5.75 Å². The van der Waals surface area contributed by atoms with Gasteiger partial charge in [-0.05, 0) is 24.1 Å². The van der Waals surface area contributed by atoms with Gasteiger partial charge < -0.3 is 15.8 Å². The predicted molar refractivity (Wildman–Crippen MR) is 83.7 cm³/mol. The molecule has 106 valence electrons. The number of nitrogens with two attached hydrogens (primary N) is 1. The summed E-state index contributed by atoms with van der Waals surface area (Å²) >= 11 is 0. The van der Waals surface area contributed by atoms with Crippen molar-refractivity contribution < 1.29 is 4.74 Å². The van der Waals surface area contributed by atoms with Crippen molar-refractivity contribution in [2.24, 2.45) is 0 Å². The van der Waals surface area contributed by atoms with Crippen LogP contribution in [0.25, 0.3) is 0 Å². The van der Waals surface area contributed by atoms with Gasteiger partial charge in [0.15, 0.2) is 0 Å². The van der Waals surface area contributed by atoms with Crippen LogP contribution in [0, 0.1) is 0 Å². The number of hydrogen-bond donors (Lipinski definition) is 2. The summed E-state index contributed by atoms with van der Waals surface area (Å²) in [6, 6.07) is 16.3. The quantitative estimate of drug-likeness (QED) is 0.790. The number of hydrogen-bond acceptors (Lipinski definition) is 3. The molecular weight excluding hydrogens is 248 g/mol. The summed E-state index contributed by atoms with van der Waals surface area (Å²) in [5.41, 5.74) is 9.12. The van der Waals surface area contributed by atoms with E-state index in [2.05, 4.69) is 24.4 Å². The van der Waals surface area contributed by atoms with Gasteiger partial charge in [-0.1, -0.05) is 43.3 Å². The van der Waals surface area contributed by atoms with Crippen LogP contribution in [0.15, 0.2) is 48.5 Å². The average molecular weight is 270 g/mol. The van der Waals surface area contributed by atoms with Gasteiger partial charge in [-0.3, -0.25) is 0 Å². The number of ether oxygens (including phenoxy) is 1. The highest BCUT2D eigenvalue weighted by atomic mass is 16.5. The molecule has 0 bridgehead atoms. The van der Waals surface area contributed by atoms with Gasteiger partial charge in [-0.25, -0.2) is 0 Å². The van der Waals surface area contributed by atoms with Crippen LogP contribution in [0.4, 0.5) is 5.69 Å². The predicted octanol–water partition coefficient (Wildman–Crippen LogP) is 3.52. The second kappa shape index (κ2) is 6.96. The molecular formula is C17H22N2O. The zero-order valence-corrected chi connectivity index (χ0v) is 12.1. The highest BCUT2D eigenvalue weighted by Crippen LogP contribution is 2.27. The lowest BCUT2D eigenvalue weighted by Gasteiger charge is -2.20. The lowest BCUT2D eigenvalue weighted by Crippen LogP contribution is -2.21. The first-order valence-electron chi connectivity index (χ1n) is 6.96. The Balaban J connectivity index is 2.11. The van der Waals surface area contributed by atoms with E-state index in [9.17, 15) is 0 Å². The van der Waals surface area contributed by atoms with Gasteiger partial charge in [0.25, 0.3) is 0 Å². The lowest BCUT2D eigenvalue weighted by molar-refractivity contribution is 0.396. The van der Waals surface area contributed by atoms with Gasteiger partial charge in [0.05, 0.1) is 7.11 Å². The van der Waals surface area contributed by atoms with Gasteiger partial charge in [-0.2, -0.15) is 0 Å². The fourth-order valence-corrected chi connectivity index (χ4v) is 2.36. The van der Waals surface area contributed by atoms with Gasteiger partial charge in [0.2, 0.25) is 0 Å². The first-order valence-corrected chi connectivity index (χ1v) is 6.96. The minimum absolute atomic E-state index is 0.255. The van der Waals surface area contributed by atoms with Crippen molar-refractivity contribution in [3.05, 3.63) is 59.7 Å². The first kappa shape index (κ1) is 14.4. The lowest BCUT2D eigenvalue weighted by atomic mass is 10.0. The van der Waals surface area contributed by atoms with Crippen molar-refractivity contribution >= 4 is 5.69 Å². The number of nitrogens with one attached hydrogen (secondary N) is 1. The Bertz CT molecular complexity index is 554. The molecule has 2 aromatic carbocycles. The summed E-state index contributed by atoms with van der Waals surface area (Å²) in [7, 11) is 1.71. The summed E-state index contributed by atoms with van der Waals surface area (Å²) in [4.78, 5) is 0. The molecule has 0 radical (unpaired) electrons. The summed E-state index contributed by atoms with van der Waals surface area (Å²) < 4.78 is 5.44. The Kier molecular flexibility index (Phi) is 5.02. The zero-order chi connectivity index (χ0) is 14.4. The maximum Gasteiger partial charge on any atom is 0.123 e. The van der Waals surface area contributed by atoms with Gasteiger partial charge in [0.1, 0.15) is 5.75 Å². The smallest absolute Gasteiger partial charge is 0.123 e. The Labute approximate surface area is 120 Å². The van der Waals surface area contributed by atoms with E-state index >= 15 is 0 Å². The van der Waals surface area contributed by atoms with Crippen LogP contribution in [0.1, 0.15) is 30.5 Å². The number of nitrogen functional groups attached to an aromatic ring is 1. The molecule has 0 saturated heterocycles. The third-order valence-corrected chi connectivity index (χ3v) is 3.52. The summed E-state index contributed by atoms with van der Waals surface area (Å²) in [6.45, 7) is 2.92. The topological polar surface area (TPSA) is 47.3 Å². The minimum Gasteiger partial charge on any atom is -0.496 e. The van der Waals surface area contributed by atoms with E-state index in [1.807, 2.05) is 36.4 Å². The molecule has 3 heteroatoms. The van der Waals surface area contributed by atoms with E-state index in [1.54, 1.807) is 7.11 Å². The fraction of sp³-hybridized carbons (Fsp3) is 0.294. The molecule has 0 amide bonds. The van der Waals surface area contributed by atoms with Crippen LogP contribution in [0.2, 0.25) is 0 Å². The van der Waals surface area contributed by atoms with Crippen LogP contribution >= 0.6 is 0 Å². The molecule has 3 N–H and O–H groups in total. The molecule has 20 heavy (non-hydrogen) atoms. The highest BCUT2D eigenvalue weighted by Gasteiger charge is 2.13. The van der Waals surface area contributed by atoms with Gasteiger partial charge >= 0.3 is 0 Å². The molecule has 0 spiro atoms. The molecule has 2 rings (SSSR count). The van der Waals surface area contributed by atoms with E-state index in [4.69, 9.17) is 10.5 Å². The maximum absolute atomic E-state index is 5.98. The molecule has 0 aliphatic heterocycles. The van der Waals surface area contributed by atoms with Gasteiger partial charge in [0, 0.05) is 23.8 Å². The number of methoxy groups -OCH3 is 1. The van der Waals surface area contributed by atoms with Crippen molar-refractivity contribution in [3.8, 4) is 5.75 Å². The van der Waals surface area contributed by atoms with Crippen molar-refractivity contribution in [1.82, 2.24) is 5.32 Å². The number of rotatable bonds is 6. The van der Waals surface area contributed by atoms with Crippen molar-refractivity contribution in [2.45, 2.75) is 25.9 Å². The molecule has 0 fully saturated rings. The summed E-state index contributed by atoms with van der Waals surface area (Å²) in [6.07, 6.45) is 0.993. The number of para-hydroxylation sites is 2.